The number of amides is 1. The van der Waals surface area contributed by atoms with Gasteiger partial charge in [0.1, 0.15) is 18.3 Å². The van der Waals surface area contributed by atoms with Crippen LogP contribution in [0.15, 0.2) is 24.3 Å². The van der Waals surface area contributed by atoms with Crippen LogP contribution in [0, 0.1) is 0 Å². The fraction of sp³-hybridized carbons (Fsp3) is 0.467. The lowest BCUT2D eigenvalue weighted by molar-refractivity contribution is -0.277. The van der Waals surface area contributed by atoms with Gasteiger partial charge in [0.15, 0.2) is 6.10 Å². The van der Waals surface area contributed by atoms with E-state index in [9.17, 15) is 24.9 Å². The lowest BCUT2D eigenvalue weighted by atomic mass is 9.99. The number of benzene rings is 1. The van der Waals surface area contributed by atoms with Gasteiger partial charge in [0.2, 0.25) is 6.29 Å². The average molecular weight is 357 g/mol. The second-order valence-corrected chi connectivity index (χ2v) is 5.40. The van der Waals surface area contributed by atoms with E-state index in [1.165, 1.54) is 0 Å². The first-order valence-electron chi connectivity index (χ1n) is 7.31. The van der Waals surface area contributed by atoms with Gasteiger partial charge in [-0.1, -0.05) is 12.1 Å². The van der Waals surface area contributed by atoms with E-state index in [0.717, 1.165) is 5.56 Å². The number of nitrogens with one attached hydrogen (secondary N) is 1. The van der Waals surface area contributed by atoms with Crippen molar-refractivity contribution in [2.24, 2.45) is 0 Å². The molecule has 0 aliphatic carbocycles. The van der Waals surface area contributed by atoms with Crippen LogP contribution in [0.2, 0.25) is 0 Å². The number of ether oxygens (including phenoxy) is 3. The van der Waals surface area contributed by atoms with Crippen LogP contribution in [0.25, 0.3) is 0 Å². The maximum Gasteiger partial charge on any atom is 0.414 e. The fourth-order valence-corrected chi connectivity index (χ4v) is 2.25. The van der Waals surface area contributed by atoms with Crippen LogP contribution < -0.4 is 5.32 Å². The predicted molar refractivity (Wildman–Crippen MR) is 81.6 cm³/mol. The Balaban J connectivity index is 1.97. The Hall–Kier alpha value is -2.24. The van der Waals surface area contributed by atoms with Crippen LogP contribution in [-0.2, 0) is 25.6 Å². The number of anilines is 1. The molecule has 0 radical (unpaired) electrons. The first kappa shape index (κ1) is 19.1. The number of carbonyl (C=O) groups excluding carboxylic acids is 1. The number of carbonyl (C=O) groups is 2. The van der Waals surface area contributed by atoms with Crippen molar-refractivity contribution in [3.63, 3.8) is 0 Å². The molecule has 1 amide bonds. The van der Waals surface area contributed by atoms with E-state index in [1.807, 2.05) is 0 Å². The molecule has 138 valence electrons. The Labute approximate surface area is 142 Å². The first-order valence-corrected chi connectivity index (χ1v) is 7.31. The van der Waals surface area contributed by atoms with Crippen LogP contribution in [0.3, 0.4) is 0 Å². The lowest BCUT2D eigenvalue weighted by Crippen LogP contribution is -2.60. The fourth-order valence-electron chi connectivity index (χ4n) is 2.25. The Morgan fingerprint density at radius 3 is 2.32 bits per heavy atom. The molecule has 5 N–H and O–H groups in total. The van der Waals surface area contributed by atoms with E-state index < -0.39 is 42.8 Å². The molecule has 0 saturated carbocycles. The Morgan fingerprint density at radius 1 is 1.12 bits per heavy atom. The van der Waals surface area contributed by atoms with E-state index in [2.05, 4.69) is 5.32 Å². The third kappa shape index (κ3) is 4.65. The molecule has 1 aliphatic rings. The van der Waals surface area contributed by atoms with Crippen molar-refractivity contribution in [3.05, 3.63) is 29.8 Å². The molecule has 1 fully saturated rings. The summed E-state index contributed by atoms with van der Waals surface area (Å²) < 4.78 is 14.6. The van der Waals surface area contributed by atoms with Gasteiger partial charge >= 0.3 is 12.1 Å². The normalized spacial score (nSPS) is 29.0. The third-order valence-corrected chi connectivity index (χ3v) is 3.55. The summed E-state index contributed by atoms with van der Waals surface area (Å²) in [6.45, 7) is 0.406. The summed E-state index contributed by atoms with van der Waals surface area (Å²) in [5.74, 6) is -1.57. The highest BCUT2D eigenvalue weighted by Gasteiger charge is 2.48. The Kier molecular flexibility index (Phi) is 6.28. The van der Waals surface area contributed by atoms with Crippen molar-refractivity contribution < 1.29 is 44.2 Å². The number of rotatable bonds is 5. The van der Waals surface area contributed by atoms with Crippen LogP contribution >= 0.6 is 0 Å². The highest BCUT2D eigenvalue weighted by Crippen LogP contribution is 2.23. The molecule has 0 bridgehead atoms. The van der Waals surface area contributed by atoms with Gasteiger partial charge in [0.05, 0.1) is 6.61 Å². The molecule has 10 nitrogen and oxygen atoms in total. The number of carboxylic acids is 1. The topological polar surface area (TPSA) is 155 Å². The molecule has 2 rings (SSSR count). The van der Waals surface area contributed by atoms with Gasteiger partial charge in [-0.3, -0.25) is 5.32 Å². The highest BCUT2D eigenvalue weighted by atomic mass is 16.7. The van der Waals surface area contributed by atoms with Crippen molar-refractivity contribution in [3.8, 4) is 0 Å². The number of aliphatic hydroxyl groups excluding tert-OH is 3. The zero-order valence-corrected chi connectivity index (χ0v) is 13.2. The predicted octanol–water partition coefficient (Wildman–Crippen LogP) is -0.726. The van der Waals surface area contributed by atoms with Crippen molar-refractivity contribution >= 4 is 17.7 Å². The van der Waals surface area contributed by atoms with Crippen LogP contribution in [-0.4, -0.2) is 70.3 Å². The zero-order chi connectivity index (χ0) is 18.6. The van der Waals surface area contributed by atoms with Crippen molar-refractivity contribution in [1.82, 2.24) is 0 Å². The van der Waals surface area contributed by atoms with E-state index in [-0.39, 0.29) is 0 Å². The number of methoxy groups -OCH3 is 1. The molecule has 0 aromatic heterocycles. The Bertz CT molecular complexity index is 606. The SMILES string of the molecule is COCc1ccc(NC(=O)OC2OC(C(=O)O)C(O)C(O)C2O)cc1. The maximum absolute atomic E-state index is 11.9. The number of aliphatic hydroxyl groups is 3. The van der Waals surface area contributed by atoms with Gasteiger partial charge in [0.25, 0.3) is 0 Å². The molecule has 1 saturated heterocycles. The standard InChI is InChI=1S/C15H19NO9/c1-23-6-7-2-4-8(5-3-7)16-15(22)25-14-11(19)9(17)10(18)12(24-14)13(20)21/h2-5,9-12,14,17-19H,6H2,1H3,(H,16,22)(H,20,21). The molecular weight excluding hydrogens is 338 g/mol. The summed E-state index contributed by atoms with van der Waals surface area (Å²) in [7, 11) is 1.55. The van der Waals surface area contributed by atoms with Crippen molar-refractivity contribution in [2.75, 3.05) is 12.4 Å². The Morgan fingerprint density at radius 2 is 1.76 bits per heavy atom. The van der Waals surface area contributed by atoms with E-state index in [1.54, 1.807) is 31.4 Å². The molecule has 5 unspecified atom stereocenters. The van der Waals surface area contributed by atoms with Crippen LogP contribution in [0.5, 0.6) is 0 Å². The molecule has 1 aromatic carbocycles. The number of aliphatic carboxylic acids is 1. The number of hydrogen-bond donors (Lipinski definition) is 5. The van der Waals surface area contributed by atoms with Gasteiger partial charge in [-0.15, -0.1) is 0 Å². The second kappa shape index (κ2) is 8.23. The highest BCUT2D eigenvalue weighted by molar-refractivity contribution is 5.84. The minimum absolute atomic E-state index is 0.380. The molecule has 0 spiro atoms. The summed E-state index contributed by atoms with van der Waals surface area (Å²) >= 11 is 0. The van der Waals surface area contributed by atoms with E-state index in [0.29, 0.717) is 12.3 Å². The van der Waals surface area contributed by atoms with Gasteiger partial charge in [-0.2, -0.15) is 0 Å². The number of hydrogen-bond acceptors (Lipinski definition) is 8. The molecule has 1 heterocycles. The monoisotopic (exact) mass is 357 g/mol. The van der Waals surface area contributed by atoms with Crippen molar-refractivity contribution in [2.45, 2.75) is 37.3 Å². The summed E-state index contributed by atoms with van der Waals surface area (Å²) in [5.41, 5.74) is 1.26. The average Bonchev–Trinajstić information content (AvgIpc) is 2.57. The molecule has 25 heavy (non-hydrogen) atoms. The zero-order valence-electron chi connectivity index (χ0n) is 13.2. The first-order chi connectivity index (χ1) is 11.8. The molecular formula is C15H19NO9. The van der Waals surface area contributed by atoms with Crippen LogP contribution in [0.4, 0.5) is 10.5 Å². The van der Waals surface area contributed by atoms with E-state index >= 15 is 0 Å². The molecule has 10 heteroatoms. The van der Waals surface area contributed by atoms with Crippen molar-refractivity contribution in [1.29, 1.82) is 0 Å². The van der Waals surface area contributed by atoms with Crippen LogP contribution in [0.1, 0.15) is 5.56 Å². The molecule has 1 aromatic rings. The van der Waals surface area contributed by atoms with Gasteiger partial charge in [-0.05, 0) is 17.7 Å². The summed E-state index contributed by atoms with van der Waals surface area (Å²) in [6, 6.07) is 6.61. The van der Waals surface area contributed by atoms with Gasteiger partial charge < -0.3 is 34.6 Å². The summed E-state index contributed by atoms with van der Waals surface area (Å²) in [5, 5.41) is 40.3. The molecule has 1 aliphatic heterocycles. The van der Waals surface area contributed by atoms with Gasteiger partial charge in [-0.25, -0.2) is 9.59 Å². The second-order valence-electron chi connectivity index (χ2n) is 5.40. The number of carboxylic acid groups (broad SMARTS) is 1. The minimum atomic E-state index is -1.86. The lowest BCUT2D eigenvalue weighted by Gasteiger charge is -2.37. The maximum atomic E-state index is 11.9. The minimum Gasteiger partial charge on any atom is -0.479 e. The van der Waals surface area contributed by atoms with E-state index in [4.69, 9.17) is 19.3 Å². The smallest absolute Gasteiger partial charge is 0.414 e. The summed E-state index contributed by atoms with van der Waals surface area (Å²) in [4.78, 5) is 22.8. The quantitative estimate of drug-likeness (QED) is 0.459. The third-order valence-electron chi connectivity index (χ3n) is 3.55. The molecule has 5 atom stereocenters. The summed E-state index contributed by atoms with van der Waals surface area (Å²) in [6.07, 6.45) is -10.1. The largest absolute Gasteiger partial charge is 0.479 e. The van der Waals surface area contributed by atoms with Gasteiger partial charge in [0, 0.05) is 12.8 Å².